The summed E-state index contributed by atoms with van der Waals surface area (Å²) >= 11 is 0. The van der Waals surface area contributed by atoms with Gasteiger partial charge in [-0.05, 0) is 19.3 Å². The van der Waals surface area contributed by atoms with Crippen LogP contribution in [0.5, 0.6) is 0 Å². The molecule has 1 N–H and O–H groups in total. The van der Waals surface area contributed by atoms with Crippen LogP contribution in [-0.2, 0) is 9.53 Å². The fraction of sp³-hybridized carbons (Fsp3) is 0.867. The van der Waals surface area contributed by atoms with Gasteiger partial charge in [0, 0.05) is 6.61 Å². The van der Waals surface area contributed by atoms with Crippen LogP contribution in [0.25, 0.3) is 0 Å². The van der Waals surface area contributed by atoms with Crippen molar-refractivity contribution < 1.29 is 9.53 Å². The van der Waals surface area contributed by atoms with Gasteiger partial charge in [-0.25, -0.2) is 0 Å². The van der Waals surface area contributed by atoms with Gasteiger partial charge in [-0.3, -0.25) is 4.79 Å². The van der Waals surface area contributed by atoms with Gasteiger partial charge in [0.2, 0.25) is 5.91 Å². The molecule has 1 amide bonds. The highest BCUT2D eigenvalue weighted by Gasteiger charge is 2.31. The zero-order valence-electron chi connectivity index (χ0n) is 12.0. The second-order valence-corrected chi connectivity index (χ2v) is 5.37. The quantitative estimate of drug-likeness (QED) is 0.752. The molecule has 1 rings (SSSR count). The monoisotopic (exact) mass is 266 g/mol. The van der Waals surface area contributed by atoms with Crippen LogP contribution in [0.3, 0.4) is 0 Å². The Balaban J connectivity index is 2.40. The molecule has 1 aliphatic carbocycles. The number of nitriles is 1. The van der Waals surface area contributed by atoms with E-state index in [4.69, 9.17) is 4.74 Å². The standard InChI is InChI=1S/C15H26N2O2/c1-2-11-19-12-8-14(18)17-15(13-16)9-6-4-3-5-7-10-15/h2-12H2,1H3,(H,17,18). The third kappa shape index (κ3) is 6.07. The number of nitrogens with zero attached hydrogens (tertiary/aromatic N) is 1. The van der Waals surface area contributed by atoms with Crippen molar-refractivity contribution >= 4 is 5.91 Å². The van der Waals surface area contributed by atoms with Crippen molar-refractivity contribution in [3.63, 3.8) is 0 Å². The molecule has 0 aromatic heterocycles. The molecule has 1 saturated carbocycles. The van der Waals surface area contributed by atoms with Gasteiger partial charge >= 0.3 is 0 Å². The zero-order valence-corrected chi connectivity index (χ0v) is 12.0. The molecule has 0 saturated heterocycles. The lowest BCUT2D eigenvalue weighted by Crippen LogP contribution is -2.48. The molecule has 0 atom stereocenters. The van der Waals surface area contributed by atoms with Gasteiger partial charge in [0.1, 0.15) is 5.54 Å². The lowest BCUT2D eigenvalue weighted by molar-refractivity contribution is -0.123. The molecule has 0 radical (unpaired) electrons. The van der Waals surface area contributed by atoms with Crippen molar-refractivity contribution in [2.75, 3.05) is 13.2 Å². The highest BCUT2D eigenvalue weighted by Crippen LogP contribution is 2.25. The molecule has 19 heavy (non-hydrogen) atoms. The van der Waals surface area contributed by atoms with Crippen molar-refractivity contribution in [1.29, 1.82) is 5.26 Å². The molecule has 0 heterocycles. The average molecular weight is 266 g/mol. The number of ether oxygens (including phenoxy) is 1. The van der Waals surface area contributed by atoms with Crippen LogP contribution in [-0.4, -0.2) is 24.7 Å². The summed E-state index contributed by atoms with van der Waals surface area (Å²) in [5, 5.41) is 12.4. The molecule has 0 unspecified atom stereocenters. The van der Waals surface area contributed by atoms with Gasteiger partial charge in [-0.2, -0.15) is 5.26 Å². The van der Waals surface area contributed by atoms with E-state index in [9.17, 15) is 10.1 Å². The number of carbonyl (C=O) groups excluding carboxylic acids is 1. The topological polar surface area (TPSA) is 62.1 Å². The first-order valence-corrected chi connectivity index (χ1v) is 7.52. The Morgan fingerprint density at radius 1 is 1.21 bits per heavy atom. The Kier molecular flexibility index (Phi) is 7.50. The summed E-state index contributed by atoms with van der Waals surface area (Å²) in [6.07, 6.45) is 8.52. The number of carbonyl (C=O) groups is 1. The van der Waals surface area contributed by atoms with E-state index in [0.717, 1.165) is 32.1 Å². The van der Waals surface area contributed by atoms with E-state index in [1.54, 1.807) is 0 Å². The molecule has 0 bridgehead atoms. The van der Waals surface area contributed by atoms with Gasteiger partial charge in [0.15, 0.2) is 0 Å². The van der Waals surface area contributed by atoms with E-state index < -0.39 is 5.54 Å². The zero-order chi connectivity index (χ0) is 14.0. The summed E-state index contributed by atoms with van der Waals surface area (Å²) in [5.41, 5.74) is -0.637. The summed E-state index contributed by atoms with van der Waals surface area (Å²) in [7, 11) is 0. The van der Waals surface area contributed by atoms with E-state index in [-0.39, 0.29) is 5.91 Å². The van der Waals surface area contributed by atoms with Crippen LogP contribution in [0.4, 0.5) is 0 Å². The molecule has 0 aliphatic heterocycles. The van der Waals surface area contributed by atoms with Crippen molar-refractivity contribution in [3.8, 4) is 6.07 Å². The number of nitrogens with one attached hydrogen (secondary N) is 1. The first kappa shape index (κ1) is 16.0. The van der Waals surface area contributed by atoms with Gasteiger partial charge in [-0.15, -0.1) is 0 Å². The fourth-order valence-electron chi connectivity index (χ4n) is 2.51. The minimum absolute atomic E-state index is 0.0572. The maximum atomic E-state index is 11.9. The summed E-state index contributed by atoms with van der Waals surface area (Å²) in [6.45, 7) is 3.18. The van der Waals surface area contributed by atoms with Crippen molar-refractivity contribution in [2.24, 2.45) is 0 Å². The molecule has 1 fully saturated rings. The molecule has 0 aromatic rings. The van der Waals surface area contributed by atoms with Crippen LogP contribution in [0.1, 0.15) is 64.7 Å². The van der Waals surface area contributed by atoms with Crippen LogP contribution < -0.4 is 5.32 Å². The highest BCUT2D eigenvalue weighted by atomic mass is 16.5. The second-order valence-electron chi connectivity index (χ2n) is 5.37. The Morgan fingerprint density at radius 2 is 1.84 bits per heavy atom. The maximum absolute atomic E-state index is 11.9. The van der Waals surface area contributed by atoms with Gasteiger partial charge in [0.05, 0.1) is 19.1 Å². The lowest BCUT2D eigenvalue weighted by atomic mass is 9.85. The molecular formula is C15H26N2O2. The lowest BCUT2D eigenvalue weighted by Gasteiger charge is -2.29. The normalized spacial score (nSPS) is 18.9. The van der Waals surface area contributed by atoms with Crippen molar-refractivity contribution in [1.82, 2.24) is 5.32 Å². The smallest absolute Gasteiger partial charge is 0.223 e. The Labute approximate surface area is 116 Å². The van der Waals surface area contributed by atoms with E-state index in [1.807, 2.05) is 6.92 Å². The summed E-state index contributed by atoms with van der Waals surface area (Å²) in [4.78, 5) is 11.9. The minimum Gasteiger partial charge on any atom is -0.381 e. The predicted molar refractivity (Wildman–Crippen MR) is 74.5 cm³/mol. The first-order chi connectivity index (χ1) is 9.22. The molecule has 4 heteroatoms. The molecule has 1 aliphatic rings. The molecule has 108 valence electrons. The summed E-state index contributed by atoms with van der Waals surface area (Å²) < 4.78 is 5.31. The number of hydrogen-bond acceptors (Lipinski definition) is 3. The number of hydrogen-bond donors (Lipinski definition) is 1. The molecule has 4 nitrogen and oxygen atoms in total. The van der Waals surface area contributed by atoms with Crippen LogP contribution in [0, 0.1) is 11.3 Å². The third-order valence-corrected chi connectivity index (χ3v) is 3.62. The molecule has 0 spiro atoms. The van der Waals surface area contributed by atoms with Gasteiger partial charge < -0.3 is 10.1 Å². The summed E-state index contributed by atoms with van der Waals surface area (Å²) in [5.74, 6) is -0.0572. The minimum atomic E-state index is -0.637. The summed E-state index contributed by atoms with van der Waals surface area (Å²) in [6, 6.07) is 2.34. The fourth-order valence-corrected chi connectivity index (χ4v) is 2.51. The molecular weight excluding hydrogens is 240 g/mol. The number of rotatable bonds is 6. The van der Waals surface area contributed by atoms with Crippen molar-refractivity contribution in [3.05, 3.63) is 0 Å². The third-order valence-electron chi connectivity index (χ3n) is 3.62. The van der Waals surface area contributed by atoms with Crippen LogP contribution >= 0.6 is 0 Å². The number of amides is 1. The second kappa shape index (κ2) is 8.92. The van der Waals surface area contributed by atoms with Crippen molar-refractivity contribution in [2.45, 2.75) is 70.3 Å². The SMILES string of the molecule is CCCOCCC(=O)NC1(C#N)CCCCCCC1. The largest absolute Gasteiger partial charge is 0.381 e. The van der Waals surface area contributed by atoms with Gasteiger partial charge in [0.25, 0.3) is 0 Å². The van der Waals surface area contributed by atoms with Gasteiger partial charge in [-0.1, -0.05) is 39.0 Å². The maximum Gasteiger partial charge on any atom is 0.223 e. The van der Waals surface area contributed by atoms with E-state index in [1.165, 1.54) is 19.3 Å². The molecule has 0 aromatic carbocycles. The van der Waals surface area contributed by atoms with E-state index >= 15 is 0 Å². The Morgan fingerprint density at radius 3 is 2.42 bits per heavy atom. The predicted octanol–water partition coefficient (Wildman–Crippen LogP) is 2.93. The van der Waals surface area contributed by atoms with E-state index in [0.29, 0.717) is 19.6 Å². The average Bonchev–Trinajstić information content (AvgIpc) is 2.38. The Bertz CT molecular complexity index is 302. The first-order valence-electron chi connectivity index (χ1n) is 7.52. The van der Waals surface area contributed by atoms with E-state index in [2.05, 4.69) is 11.4 Å². The van der Waals surface area contributed by atoms with Crippen LogP contribution in [0.15, 0.2) is 0 Å². The highest BCUT2D eigenvalue weighted by molar-refractivity contribution is 5.77. The Hall–Kier alpha value is -1.08. The van der Waals surface area contributed by atoms with Crippen LogP contribution in [0.2, 0.25) is 0 Å².